The molecule has 74 valence electrons. The minimum Gasteiger partial charge on any atom is -0.382 e. The quantitative estimate of drug-likeness (QED) is 0.857. The third-order valence-electron chi connectivity index (χ3n) is 1.95. The summed E-state index contributed by atoms with van der Waals surface area (Å²) in [5, 5.41) is 6.20. The van der Waals surface area contributed by atoms with Crippen molar-refractivity contribution < 1.29 is 0 Å². The van der Waals surface area contributed by atoms with E-state index in [4.69, 9.17) is 17.3 Å². The van der Waals surface area contributed by atoms with Crippen LogP contribution in [0, 0.1) is 6.92 Å². The molecule has 0 aliphatic rings. The molecule has 0 amide bonds. The van der Waals surface area contributed by atoms with Crippen molar-refractivity contribution in [3.05, 3.63) is 33.1 Å². The summed E-state index contributed by atoms with van der Waals surface area (Å²) in [6, 6.07) is 3.80. The van der Waals surface area contributed by atoms with Crippen LogP contribution in [0.15, 0.2) is 17.5 Å². The van der Waals surface area contributed by atoms with Gasteiger partial charge in [-0.15, -0.1) is 11.3 Å². The van der Waals surface area contributed by atoms with Gasteiger partial charge in [-0.1, -0.05) is 11.6 Å². The molecule has 0 saturated heterocycles. The Balaban J connectivity index is 2.22. The van der Waals surface area contributed by atoms with Crippen molar-refractivity contribution >= 4 is 28.8 Å². The van der Waals surface area contributed by atoms with E-state index in [0.717, 1.165) is 22.1 Å². The van der Waals surface area contributed by atoms with Gasteiger partial charge in [-0.25, -0.2) is 0 Å². The minimum atomic E-state index is 0.559. The Kier molecular flexibility index (Phi) is 2.48. The molecule has 0 atom stereocenters. The fraction of sp³-hybridized carbons (Fsp3) is 0.222. The van der Waals surface area contributed by atoms with Gasteiger partial charge in [-0.05, 0) is 23.9 Å². The normalized spacial score (nSPS) is 10.7. The number of aryl methyl sites for hydroxylation is 1. The van der Waals surface area contributed by atoms with Crippen molar-refractivity contribution in [1.29, 1.82) is 0 Å². The average molecular weight is 228 g/mol. The van der Waals surface area contributed by atoms with Crippen LogP contribution in [0.4, 0.5) is 5.82 Å². The Morgan fingerprint density at radius 2 is 2.36 bits per heavy atom. The van der Waals surface area contributed by atoms with Crippen LogP contribution in [0.3, 0.4) is 0 Å². The maximum atomic E-state index is 5.84. The van der Waals surface area contributed by atoms with E-state index in [1.165, 1.54) is 11.3 Å². The van der Waals surface area contributed by atoms with Gasteiger partial charge in [0.1, 0.15) is 5.82 Å². The zero-order chi connectivity index (χ0) is 10.1. The number of halogens is 1. The smallest absolute Gasteiger partial charge is 0.145 e. The van der Waals surface area contributed by atoms with Crippen LogP contribution in [-0.4, -0.2) is 9.78 Å². The molecule has 2 aromatic heterocycles. The van der Waals surface area contributed by atoms with E-state index in [2.05, 4.69) is 5.10 Å². The maximum Gasteiger partial charge on any atom is 0.145 e. The van der Waals surface area contributed by atoms with E-state index in [1.807, 2.05) is 29.1 Å². The molecule has 2 rings (SSSR count). The van der Waals surface area contributed by atoms with Crippen LogP contribution in [0.5, 0.6) is 0 Å². The summed E-state index contributed by atoms with van der Waals surface area (Å²) in [6.45, 7) is 2.71. The number of thiophene rings is 1. The van der Waals surface area contributed by atoms with E-state index < -0.39 is 0 Å². The second-order valence-corrected chi connectivity index (χ2v) is 4.67. The van der Waals surface area contributed by atoms with Crippen LogP contribution < -0.4 is 5.73 Å². The standard InChI is InChI=1S/C9H10ClN3S/c1-6-2-9(11)12-13(6)4-7-3-8(10)14-5-7/h2-3,5H,4H2,1H3,(H2,11,12). The molecular weight excluding hydrogens is 218 g/mol. The number of aromatic nitrogens is 2. The maximum absolute atomic E-state index is 5.84. The first-order chi connectivity index (χ1) is 6.65. The van der Waals surface area contributed by atoms with Gasteiger partial charge in [0, 0.05) is 11.8 Å². The third-order valence-corrected chi connectivity index (χ3v) is 3.09. The Morgan fingerprint density at radius 3 is 2.86 bits per heavy atom. The number of nitrogen functional groups attached to an aromatic ring is 1. The summed E-state index contributed by atoms with van der Waals surface area (Å²) in [4.78, 5) is 0. The number of hydrogen-bond donors (Lipinski definition) is 1. The minimum absolute atomic E-state index is 0.559. The molecule has 0 fully saturated rings. The monoisotopic (exact) mass is 227 g/mol. The number of nitrogens with two attached hydrogens (primary N) is 1. The highest BCUT2D eigenvalue weighted by atomic mass is 35.5. The van der Waals surface area contributed by atoms with Gasteiger partial charge in [-0.2, -0.15) is 5.10 Å². The third kappa shape index (κ3) is 1.91. The molecule has 5 heteroatoms. The molecule has 0 unspecified atom stereocenters. The van der Waals surface area contributed by atoms with E-state index in [1.54, 1.807) is 0 Å². The molecule has 3 nitrogen and oxygen atoms in total. The Hall–Kier alpha value is -1.00. The fourth-order valence-electron chi connectivity index (χ4n) is 1.30. The second kappa shape index (κ2) is 3.63. The summed E-state index contributed by atoms with van der Waals surface area (Å²) in [5.41, 5.74) is 7.80. The number of nitrogens with zero attached hydrogens (tertiary/aromatic N) is 2. The lowest BCUT2D eigenvalue weighted by Crippen LogP contribution is -2.03. The van der Waals surface area contributed by atoms with E-state index in [0.29, 0.717) is 5.82 Å². The zero-order valence-corrected chi connectivity index (χ0v) is 9.27. The predicted octanol–water partition coefficient (Wildman–Crippen LogP) is 2.54. The molecule has 14 heavy (non-hydrogen) atoms. The first kappa shape index (κ1) is 9.55. The van der Waals surface area contributed by atoms with Crippen molar-refractivity contribution in [2.45, 2.75) is 13.5 Å². The van der Waals surface area contributed by atoms with Crippen molar-refractivity contribution in [1.82, 2.24) is 9.78 Å². The van der Waals surface area contributed by atoms with E-state index >= 15 is 0 Å². The Morgan fingerprint density at radius 1 is 1.57 bits per heavy atom. The van der Waals surface area contributed by atoms with Gasteiger partial charge in [-0.3, -0.25) is 4.68 Å². The molecule has 0 bridgehead atoms. The molecule has 0 aromatic carbocycles. The van der Waals surface area contributed by atoms with Gasteiger partial charge in [0.05, 0.1) is 10.9 Å². The first-order valence-electron chi connectivity index (χ1n) is 4.18. The SMILES string of the molecule is Cc1cc(N)nn1Cc1csc(Cl)c1. The highest BCUT2D eigenvalue weighted by molar-refractivity contribution is 7.14. The van der Waals surface area contributed by atoms with E-state index in [-0.39, 0.29) is 0 Å². The van der Waals surface area contributed by atoms with Gasteiger partial charge >= 0.3 is 0 Å². The molecule has 2 aromatic rings. The summed E-state index contributed by atoms with van der Waals surface area (Å²) < 4.78 is 2.67. The second-order valence-electron chi connectivity index (χ2n) is 3.13. The molecule has 2 N–H and O–H groups in total. The Labute approximate surface area is 91.1 Å². The lowest BCUT2D eigenvalue weighted by atomic mass is 10.3. The summed E-state index contributed by atoms with van der Waals surface area (Å²) in [5.74, 6) is 0.559. The number of anilines is 1. The summed E-state index contributed by atoms with van der Waals surface area (Å²) in [6.07, 6.45) is 0. The van der Waals surface area contributed by atoms with Gasteiger partial charge in [0.15, 0.2) is 0 Å². The molecule has 0 spiro atoms. The van der Waals surface area contributed by atoms with E-state index in [9.17, 15) is 0 Å². The van der Waals surface area contributed by atoms with Crippen molar-refractivity contribution in [3.8, 4) is 0 Å². The van der Waals surface area contributed by atoms with Crippen molar-refractivity contribution in [2.24, 2.45) is 0 Å². The van der Waals surface area contributed by atoms with Crippen LogP contribution in [0.2, 0.25) is 4.34 Å². The van der Waals surface area contributed by atoms with Crippen molar-refractivity contribution in [3.63, 3.8) is 0 Å². The van der Waals surface area contributed by atoms with Crippen molar-refractivity contribution in [2.75, 3.05) is 5.73 Å². The zero-order valence-electron chi connectivity index (χ0n) is 7.70. The highest BCUT2D eigenvalue weighted by Gasteiger charge is 2.03. The number of rotatable bonds is 2. The number of hydrogen-bond acceptors (Lipinski definition) is 3. The van der Waals surface area contributed by atoms with Gasteiger partial charge in [0.2, 0.25) is 0 Å². The first-order valence-corrected chi connectivity index (χ1v) is 5.44. The van der Waals surface area contributed by atoms with Crippen LogP contribution in [0.1, 0.15) is 11.3 Å². The molecule has 0 aliphatic carbocycles. The molecule has 2 heterocycles. The lowest BCUT2D eigenvalue weighted by Gasteiger charge is -2.00. The highest BCUT2D eigenvalue weighted by Crippen LogP contribution is 2.21. The Bertz CT molecular complexity index is 447. The molecular formula is C9H10ClN3S. The van der Waals surface area contributed by atoms with Gasteiger partial charge < -0.3 is 5.73 Å². The average Bonchev–Trinajstić information content (AvgIpc) is 2.61. The fourth-order valence-corrected chi connectivity index (χ4v) is 2.20. The summed E-state index contributed by atoms with van der Waals surface area (Å²) in [7, 11) is 0. The molecule has 0 radical (unpaired) electrons. The molecule has 0 aliphatic heterocycles. The van der Waals surface area contributed by atoms with Gasteiger partial charge in [0.25, 0.3) is 0 Å². The largest absolute Gasteiger partial charge is 0.382 e. The molecule has 0 saturated carbocycles. The van der Waals surface area contributed by atoms with Crippen LogP contribution >= 0.6 is 22.9 Å². The topological polar surface area (TPSA) is 43.8 Å². The summed E-state index contributed by atoms with van der Waals surface area (Å²) >= 11 is 7.37. The predicted molar refractivity (Wildman–Crippen MR) is 59.8 cm³/mol. The van der Waals surface area contributed by atoms with Crippen LogP contribution in [0.25, 0.3) is 0 Å². The van der Waals surface area contributed by atoms with Crippen LogP contribution in [-0.2, 0) is 6.54 Å². The lowest BCUT2D eigenvalue weighted by molar-refractivity contribution is 0.669.